The fourth-order valence-corrected chi connectivity index (χ4v) is 4.59. The topological polar surface area (TPSA) is 120 Å². The summed E-state index contributed by atoms with van der Waals surface area (Å²) in [5, 5.41) is 2.88. The van der Waals surface area contributed by atoms with Gasteiger partial charge in [0.2, 0.25) is 10.0 Å². The quantitative estimate of drug-likeness (QED) is 0.516. The summed E-state index contributed by atoms with van der Waals surface area (Å²) in [4.78, 5) is 24.6. The number of amides is 1. The molecule has 2 aromatic carbocycles. The molecule has 33 heavy (non-hydrogen) atoms. The van der Waals surface area contributed by atoms with Gasteiger partial charge in [0.1, 0.15) is 19.3 Å². The molecule has 0 saturated heterocycles. The van der Waals surface area contributed by atoms with Crippen LogP contribution in [0.1, 0.15) is 13.8 Å². The van der Waals surface area contributed by atoms with E-state index in [0.29, 0.717) is 24.7 Å². The molecule has 0 spiro atoms. The van der Waals surface area contributed by atoms with Crippen LogP contribution in [0.25, 0.3) is 0 Å². The van der Waals surface area contributed by atoms with Crippen LogP contribution in [0.4, 0.5) is 5.69 Å². The molecule has 1 atom stereocenters. The molecule has 0 unspecified atom stereocenters. The molecule has 12 heteroatoms. The van der Waals surface area contributed by atoms with E-state index in [4.69, 9.17) is 37.4 Å². The normalized spacial score (nSPS) is 14.0. The van der Waals surface area contributed by atoms with Crippen LogP contribution in [-0.4, -0.2) is 46.2 Å². The molecule has 3 rings (SSSR count). The Morgan fingerprint density at radius 1 is 1.09 bits per heavy atom. The van der Waals surface area contributed by atoms with Crippen molar-refractivity contribution < 1.29 is 32.2 Å². The number of hydrogen-bond acceptors (Lipinski definition) is 7. The summed E-state index contributed by atoms with van der Waals surface area (Å²) in [6, 6.07) is 7.61. The molecule has 0 fully saturated rings. The van der Waals surface area contributed by atoms with Crippen LogP contribution in [0.5, 0.6) is 11.5 Å². The average molecular weight is 517 g/mol. The summed E-state index contributed by atoms with van der Waals surface area (Å²) in [7, 11) is -4.10. The minimum absolute atomic E-state index is 0.0986. The van der Waals surface area contributed by atoms with E-state index >= 15 is 0 Å². The second kappa shape index (κ2) is 10.6. The van der Waals surface area contributed by atoms with Gasteiger partial charge in [-0.2, -0.15) is 4.72 Å². The lowest BCUT2D eigenvalue weighted by molar-refractivity contribution is -0.150. The Balaban J connectivity index is 1.65. The lowest BCUT2D eigenvalue weighted by Crippen LogP contribution is -2.45. The van der Waals surface area contributed by atoms with Gasteiger partial charge in [-0.1, -0.05) is 43.1 Å². The lowest BCUT2D eigenvalue weighted by Gasteiger charge is -2.22. The zero-order valence-corrected chi connectivity index (χ0v) is 20.1. The van der Waals surface area contributed by atoms with Crippen molar-refractivity contribution in [1.82, 2.24) is 4.72 Å². The van der Waals surface area contributed by atoms with Crippen LogP contribution < -0.4 is 19.5 Å². The smallest absolute Gasteiger partial charge is 0.324 e. The predicted molar refractivity (Wildman–Crippen MR) is 122 cm³/mol. The molecule has 0 radical (unpaired) electrons. The number of carbonyl (C=O) groups excluding carboxylic acids is 2. The van der Waals surface area contributed by atoms with Crippen molar-refractivity contribution in [3.63, 3.8) is 0 Å². The van der Waals surface area contributed by atoms with Gasteiger partial charge in [-0.3, -0.25) is 9.59 Å². The van der Waals surface area contributed by atoms with Crippen molar-refractivity contribution in [1.29, 1.82) is 0 Å². The Bertz CT molecular complexity index is 1160. The second-order valence-electron chi connectivity index (χ2n) is 7.41. The van der Waals surface area contributed by atoms with E-state index in [-0.39, 0.29) is 20.6 Å². The predicted octanol–water partition coefficient (Wildman–Crippen LogP) is 3.25. The largest absolute Gasteiger partial charge is 0.486 e. The molecule has 0 aliphatic carbocycles. The molecular formula is C21H22Cl2N2O7S. The third-order valence-electron chi connectivity index (χ3n) is 4.60. The average Bonchev–Trinajstić information content (AvgIpc) is 2.78. The molecule has 0 saturated carbocycles. The number of anilines is 1. The molecule has 1 heterocycles. The summed E-state index contributed by atoms with van der Waals surface area (Å²) < 4.78 is 43.9. The van der Waals surface area contributed by atoms with Gasteiger partial charge in [0.15, 0.2) is 18.1 Å². The highest BCUT2D eigenvalue weighted by Gasteiger charge is 2.31. The van der Waals surface area contributed by atoms with E-state index in [2.05, 4.69) is 10.0 Å². The number of hydrogen-bond donors (Lipinski definition) is 2. The Morgan fingerprint density at radius 3 is 2.48 bits per heavy atom. The van der Waals surface area contributed by atoms with Gasteiger partial charge in [0.05, 0.1) is 20.6 Å². The molecule has 1 aliphatic rings. The zero-order valence-electron chi connectivity index (χ0n) is 17.8. The first kappa shape index (κ1) is 25.1. The van der Waals surface area contributed by atoms with Crippen molar-refractivity contribution in [2.45, 2.75) is 24.8 Å². The van der Waals surface area contributed by atoms with Gasteiger partial charge >= 0.3 is 5.97 Å². The summed E-state index contributed by atoms with van der Waals surface area (Å²) in [6.45, 7) is 3.31. The molecule has 1 aliphatic heterocycles. The van der Waals surface area contributed by atoms with Crippen LogP contribution in [0.2, 0.25) is 10.0 Å². The maximum absolute atomic E-state index is 12.9. The first-order valence-electron chi connectivity index (χ1n) is 9.91. The summed E-state index contributed by atoms with van der Waals surface area (Å²) in [5.41, 5.74) is 0.255. The van der Waals surface area contributed by atoms with Crippen LogP contribution in [0.15, 0.2) is 41.3 Å². The van der Waals surface area contributed by atoms with Crippen LogP contribution in [0, 0.1) is 5.92 Å². The number of benzene rings is 2. The Kier molecular flexibility index (Phi) is 8.06. The molecule has 1 amide bonds. The van der Waals surface area contributed by atoms with Crippen LogP contribution in [-0.2, 0) is 24.3 Å². The van der Waals surface area contributed by atoms with Gasteiger partial charge < -0.3 is 19.5 Å². The van der Waals surface area contributed by atoms with E-state index < -0.39 is 40.5 Å². The molecule has 9 nitrogen and oxygen atoms in total. The summed E-state index contributed by atoms with van der Waals surface area (Å²) >= 11 is 11.9. The highest BCUT2D eigenvalue weighted by atomic mass is 35.5. The standard InChI is InChI=1S/C21H22Cl2N2O7S/c1-12(2)20(21(27)32-11-18(26)24-15-5-3-4-14(22)19(15)23)25-33(28,29)13-6-7-16-17(10-13)31-9-8-30-16/h3-7,10,12,20,25H,8-9,11H2,1-2H3,(H,24,26)/t20-/m1/s1. The maximum atomic E-state index is 12.9. The fourth-order valence-electron chi connectivity index (χ4n) is 2.90. The van der Waals surface area contributed by atoms with E-state index in [0.717, 1.165) is 0 Å². The van der Waals surface area contributed by atoms with Gasteiger partial charge in [-0.25, -0.2) is 8.42 Å². The number of rotatable bonds is 8. The first-order valence-corrected chi connectivity index (χ1v) is 12.1. The van der Waals surface area contributed by atoms with Crippen molar-refractivity contribution in [3.05, 3.63) is 46.4 Å². The van der Waals surface area contributed by atoms with E-state index in [1.165, 1.54) is 24.3 Å². The highest BCUT2D eigenvalue weighted by molar-refractivity contribution is 7.89. The van der Waals surface area contributed by atoms with E-state index in [1.807, 2.05) is 0 Å². The molecule has 0 aromatic heterocycles. The van der Waals surface area contributed by atoms with Crippen molar-refractivity contribution in [3.8, 4) is 11.5 Å². The van der Waals surface area contributed by atoms with Gasteiger partial charge in [0.25, 0.3) is 5.91 Å². The molecule has 2 N–H and O–H groups in total. The number of sulfonamides is 1. The molecule has 178 valence electrons. The maximum Gasteiger partial charge on any atom is 0.324 e. The Hall–Kier alpha value is -2.53. The highest BCUT2D eigenvalue weighted by Crippen LogP contribution is 2.32. The number of fused-ring (bicyclic) bond motifs is 1. The summed E-state index contributed by atoms with van der Waals surface area (Å²) in [5.74, 6) is -1.30. The van der Waals surface area contributed by atoms with Crippen LogP contribution >= 0.6 is 23.2 Å². The number of carbonyl (C=O) groups is 2. The monoisotopic (exact) mass is 516 g/mol. The zero-order chi connectivity index (χ0) is 24.2. The third-order valence-corrected chi connectivity index (χ3v) is 6.86. The summed E-state index contributed by atoms with van der Waals surface area (Å²) in [6.07, 6.45) is 0. The second-order valence-corrected chi connectivity index (χ2v) is 9.90. The van der Waals surface area contributed by atoms with Crippen molar-refractivity contribution in [2.75, 3.05) is 25.1 Å². The van der Waals surface area contributed by atoms with Crippen molar-refractivity contribution in [2.24, 2.45) is 5.92 Å². The number of ether oxygens (including phenoxy) is 3. The number of nitrogens with one attached hydrogen (secondary N) is 2. The van der Waals surface area contributed by atoms with E-state index in [9.17, 15) is 18.0 Å². The van der Waals surface area contributed by atoms with Gasteiger partial charge in [-0.15, -0.1) is 0 Å². The SMILES string of the molecule is CC(C)[C@@H](NS(=O)(=O)c1ccc2c(c1)OCCO2)C(=O)OCC(=O)Nc1cccc(Cl)c1Cl. The van der Waals surface area contributed by atoms with E-state index in [1.54, 1.807) is 26.0 Å². The fraction of sp³-hybridized carbons (Fsp3) is 0.333. The minimum atomic E-state index is -4.10. The molecule has 2 aromatic rings. The lowest BCUT2D eigenvalue weighted by atomic mass is 10.1. The number of esters is 1. The minimum Gasteiger partial charge on any atom is -0.486 e. The third kappa shape index (κ3) is 6.29. The Labute approximate surface area is 201 Å². The first-order chi connectivity index (χ1) is 15.6. The van der Waals surface area contributed by atoms with Crippen molar-refractivity contribution >= 4 is 50.8 Å². The number of halogens is 2. The molecular weight excluding hydrogens is 495 g/mol. The van der Waals surface area contributed by atoms with Crippen LogP contribution in [0.3, 0.4) is 0 Å². The molecule has 0 bridgehead atoms. The van der Waals surface area contributed by atoms with Gasteiger partial charge in [0, 0.05) is 6.07 Å². The van der Waals surface area contributed by atoms with Gasteiger partial charge in [-0.05, 0) is 30.2 Å². The Morgan fingerprint density at radius 2 is 1.79 bits per heavy atom.